The second-order valence-electron chi connectivity index (χ2n) is 4.34. The maximum Gasteiger partial charge on any atom is 0.416 e. The van der Waals surface area contributed by atoms with Crippen molar-refractivity contribution in [3.8, 4) is 6.07 Å². The second-order valence-corrected chi connectivity index (χ2v) is 4.34. The minimum absolute atomic E-state index is 0.186. The molecule has 6 heteroatoms. The van der Waals surface area contributed by atoms with Gasteiger partial charge in [-0.15, -0.1) is 0 Å². The van der Waals surface area contributed by atoms with Crippen LogP contribution in [0.2, 0.25) is 0 Å². The molecule has 0 aromatic heterocycles. The monoisotopic (exact) mass is 300 g/mol. The molecule has 0 bridgehead atoms. The van der Waals surface area contributed by atoms with Crippen molar-refractivity contribution in [3.63, 3.8) is 0 Å². The molecule has 0 fully saturated rings. The van der Waals surface area contributed by atoms with E-state index in [1.807, 2.05) is 0 Å². The van der Waals surface area contributed by atoms with E-state index in [0.717, 1.165) is 6.07 Å². The quantitative estimate of drug-likeness (QED) is 0.912. The van der Waals surface area contributed by atoms with Crippen molar-refractivity contribution in [2.45, 2.75) is 39.3 Å². The number of hydrogen-bond donors (Lipinski definition) is 1. The molecule has 0 heterocycles. The smallest absolute Gasteiger partial charge is 0.355 e. The lowest BCUT2D eigenvalue weighted by atomic mass is 10.1. The van der Waals surface area contributed by atoms with Gasteiger partial charge in [-0.1, -0.05) is 33.1 Å². The molecule has 21 heavy (non-hydrogen) atoms. The van der Waals surface area contributed by atoms with Gasteiger partial charge in [-0.2, -0.15) is 18.4 Å². The second kappa shape index (κ2) is 9.01. The fourth-order valence-electron chi connectivity index (χ4n) is 1.48. The van der Waals surface area contributed by atoms with Crippen LogP contribution in [0.5, 0.6) is 0 Å². The number of nitrogens with one attached hydrogen (secondary N) is 1. The van der Waals surface area contributed by atoms with Crippen molar-refractivity contribution in [2.24, 2.45) is 0 Å². The number of carbonyl (C=O) groups is 1. The number of alkyl halides is 3. The van der Waals surface area contributed by atoms with Crippen molar-refractivity contribution in [3.05, 3.63) is 34.9 Å². The number of rotatable bonds is 3. The first kappa shape index (κ1) is 19.0. The lowest BCUT2D eigenvalue weighted by molar-refractivity contribution is -0.137. The van der Waals surface area contributed by atoms with E-state index in [0.29, 0.717) is 12.1 Å². The Bertz CT molecular complexity index is 503. The summed E-state index contributed by atoms with van der Waals surface area (Å²) in [5.74, 6) is -0.664. The fraction of sp³-hybridized carbons (Fsp3) is 0.467. The molecule has 0 atom stereocenters. The number of hydrogen-bond acceptors (Lipinski definition) is 2. The van der Waals surface area contributed by atoms with Crippen LogP contribution in [0.15, 0.2) is 18.2 Å². The molecule has 1 N–H and O–H groups in total. The van der Waals surface area contributed by atoms with Crippen molar-refractivity contribution < 1.29 is 18.0 Å². The first-order chi connectivity index (χ1) is 9.79. The highest BCUT2D eigenvalue weighted by atomic mass is 19.4. The lowest BCUT2D eigenvalue weighted by Gasteiger charge is -2.08. The molecule has 0 radical (unpaired) electrons. The van der Waals surface area contributed by atoms with Gasteiger partial charge in [-0.25, -0.2) is 0 Å². The molecule has 0 saturated heterocycles. The third-order valence-corrected chi connectivity index (χ3v) is 2.59. The van der Waals surface area contributed by atoms with E-state index in [4.69, 9.17) is 5.26 Å². The zero-order valence-corrected chi connectivity index (χ0v) is 12.3. The van der Waals surface area contributed by atoms with E-state index in [-0.39, 0.29) is 11.1 Å². The minimum Gasteiger partial charge on any atom is -0.355 e. The maximum absolute atomic E-state index is 12.4. The van der Waals surface area contributed by atoms with E-state index in [9.17, 15) is 18.0 Å². The van der Waals surface area contributed by atoms with Gasteiger partial charge in [-0.05, 0) is 18.2 Å². The van der Waals surface area contributed by atoms with Gasteiger partial charge in [0, 0.05) is 12.6 Å². The largest absolute Gasteiger partial charge is 0.416 e. The van der Waals surface area contributed by atoms with Crippen molar-refractivity contribution in [1.29, 1.82) is 5.26 Å². The number of amides is 1. The first-order valence-electron chi connectivity index (χ1n) is 6.64. The van der Waals surface area contributed by atoms with Crippen LogP contribution in [-0.4, -0.2) is 13.0 Å². The summed E-state index contributed by atoms with van der Waals surface area (Å²) in [6.45, 7) is 4.42. The standard InChI is InChI=1S/C10H7F3N2O.C5H12/c1-15-9(16)7-2-6(5-14)3-8(4-7)10(11,12)13;1-3-5-4-2/h2-4H,1H3,(H,15,16);3-5H2,1-2H3. The highest BCUT2D eigenvalue weighted by Crippen LogP contribution is 2.30. The van der Waals surface area contributed by atoms with Crippen LogP contribution in [0.25, 0.3) is 0 Å². The minimum atomic E-state index is -4.57. The van der Waals surface area contributed by atoms with Crippen LogP contribution in [0, 0.1) is 11.3 Å². The Hall–Kier alpha value is -2.03. The van der Waals surface area contributed by atoms with Gasteiger partial charge in [0.25, 0.3) is 5.91 Å². The number of benzene rings is 1. The Morgan fingerprint density at radius 2 is 1.81 bits per heavy atom. The van der Waals surface area contributed by atoms with Crippen LogP contribution in [0.3, 0.4) is 0 Å². The van der Waals surface area contributed by atoms with Gasteiger partial charge in [0.2, 0.25) is 0 Å². The van der Waals surface area contributed by atoms with Crippen LogP contribution < -0.4 is 5.32 Å². The maximum atomic E-state index is 12.4. The Kier molecular flexibility index (Phi) is 8.14. The molecule has 1 rings (SSSR count). The summed E-state index contributed by atoms with van der Waals surface area (Å²) in [5.41, 5.74) is -1.40. The van der Waals surface area contributed by atoms with Crippen molar-refractivity contribution in [2.75, 3.05) is 7.05 Å². The number of nitrogens with zero attached hydrogens (tertiary/aromatic N) is 1. The lowest BCUT2D eigenvalue weighted by Crippen LogP contribution is -2.19. The molecule has 1 amide bonds. The van der Waals surface area contributed by atoms with Crippen LogP contribution in [0.1, 0.15) is 54.6 Å². The van der Waals surface area contributed by atoms with E-state index in [1.165, 1.54) is 26.3 Å². The van der Waals surface area contributed by atoms with Crippen molar-refractivity contribution >= 4 is 5.91 Å². The van der Waals surface area contributed by atoms with Gasteiger partial charge in [-0.3, -0.25) is 4.79 Å². The summed E-state index contributed by atoms with van der Waals surface area (Å²) in [4.78, 5) is 11.2. The number of carbonyl (C=O) groups excluding carboxylic acids is 1. The van der Waals surface area contributed by atoms with Crippen LogP contribution in [0.4, 0.5) is 13.2 Å². The molecule has 0 aliphatic rings. The number of halogens is 3. The van der Waals surface area contributed by atoms with Crippen molar-refractivity contribution in [1.82, 2.24) is 5.32 Å². The summed E-state index contributed by atoms with van der Waals surface area (Å²) in [6, 6.07) is 4.09. The summed E-state index contributed by atoms with van der Waals surface area (Å²) >= 11 is 0. The Morgan fingerprint density at radius 3 is 2.14 bits per heavy atom. The molecular weight excluding hydrogens is 281 g/mol. The SMILES string of the molecule is CCCCC.CNC(=O)c1cc(C#N)cc(C(F)(F)F)c1. The van der Waals surface area contributed by atoms with Crippen LogP contribution >= 0.6 is 0 Å². The highest BCUT2D eigenvalue weighted by molar-refractivity contribution is 5.94. The van der Waals surface area contributed by atoms with E-state index >= 15 is 0 Å². The van der Waals surface area contributed by atoms with Gasteiger partial charge in [0.15, 0.2) is 0 Å². The molecule has 1 aromatic rings. The molecule has 0 saturated carbocycles. The fourth-order valence-corrected chi connectivity index (χ4v) is 1.48. The predicted molar refractivity (Wildman–Crippen MR) is 74.7 cm³/mol. The van der Waals surface area contributed by atoms with Gasteiger partial charge < -0.3 is 5.32 Å². The predicted octanol–water partition coefficient (Wildman–Crippen LogP) is 4.13. The number of unbranched alkanes of at least 4 members (excludes halogenated alkanes) is 2. The molecular formula is C15H19F3N2O. The Morgan fingerprint density at radius 1 is 1.24 bits per heavy atom. The third-order valence-electron chi connectivity index (χ3n) is 2.59. The normalized spacial score (nSPS) is 10.1. The van der Waals surface area contributed by atoms with Gasteiger partial charge in [0.05, 0.1) is 17.2 Å². The van der Waals surface area contributed by atoms with E-state index in [2.05, 4.69) is 19.2 Å². The molecule has 1 aromatic carbocycles. The van der Waals surface area contributed by atoms with Crippen LogP contribution in [-0.2, 0) is 6.18 Å². The first-order valence-corrected chi connectivity index (χ1v) is 6.64. The molecule has 0 spiro atoms. The highest BCUT2D eigenvalue weighted by Gasteiger charge is 2.31. The zero-order chi connectivity index (χ0) is 16.5. The van der Waals surface area contributed by atoms with Gasteiger partial charge >= 0.3 is 6.18 Å². The molecule has 0 aliphatic carbocycles. The molecule has 3 nitrogen and oxygen atoms in total. The van der Waals surface area contributed by atoms with E-state index < -0.39 is 17.6 Å². The van der Waals surface area contributed by atoms with E-state index in [1.54, 1.807) is 6.07 Å². The topological polar surface area (TPSA) is 52.9 Å². The Balaban J connectivity index is 0.000000690. The molecule has 0 unspecified atom stereocenters. The average Bonchev–Trinajstić information content (AvgIpc) is 2.46. The summed E-state index contributed by atoms with van der Waals surface area (Å²) in [7, 11) is 1.30. The Labute approximate surface area is 122 Å². The summed E-state index contributed by atoms with van der Waals surface area (Å²) in [6.07, 6.45) is -0.497. The molecule has 116 valence electrons. The third kappa shape index (κ3) is 6.80. The summed E-state index contributed by atoms with van der Waals surface area (Å²) in [5, 5.41) is 10.8. The average molecular weight is 300 g/mol. The summed E-state index contributed by atoms with van der Waals surface area (Å²) < 4.78 is 37.2. The molecule has 0 aliphatic heterocycles. The number of nitriles is 1. The zero-order valence-electron chi connectivity index (χ0n) is 12.3. The van der Waals surface area contributed by atoms with Gasteiger partial charge in [0.1, 0.15) is 0 Å².